The zero-order valence-electron chi connectivity index (χ0n) is 14.0. The Morgan fingerprint density at radius 2 is 2.00 bits per heavy atom. The Labute approximate surface area is 146 Å². The summed E-state index contributed by atoms with van der Waals surface area (Å²) < 4.78 is 9.60. The van der Waals surface area contributed by atoms with Crippen molar-refractivity contribution in [1.29, 1.82) is 0 Å². The number of carbonyl (C=O) groups excluding carboxylic acids is 1. The lowest BCUT2D eigenvalue weighted by Gasteiger charge is -2.28. The van der Waals surface area contributed by atoms with Crippen LogP contribution in [0.1, 0.15) is 21.6 Å². The van der Waals surface area contributed by atoms with E-state index in [0.717, 1.165) is 42.6 Å². The number of carbonyl (C=O) groups is 1. The van der Waals surface area contributed by atoms with Crippen LogP contribution < -0.4 is 15.5 Å². The molecular weight excluding hydrogens is 324 g/mol. The van der Waals surface area contributed by atoms with Crippen LogP contribution in [0, 0.1) is 6.92 Å². The SMILES string of the molecule is CNc1snc(C)c1C(=O)NCc1ccc(N2CCOCC2)cc1. The molecule has 3 rings (SSSR count). The predicted molar refractivity (Wildman–Crippen MR) is 97.0 cm³/mol. The molecule has 1 amide bonds. The van der Waals surface area contributed by atoms with Crippen LogP contribution >= 0.6 is 11.5 Å². The van der Waals surface area contributed by atoms with Gasteiger partial charge in [-0.05, 0) is 36.2 Å². The molecule has 128 valence electrons. The second-order valence-corrected chi connectivity index (χ2v) is 6.44. The van der Waals surface area contributed by atoms with Crippen molar-refractivity contribution in [3.63, 3.8) is 0 Å². The Morgan fingerprint density at radius 1 is 1.29 bits per heavy atom. The number of ether oxygens (including phenoxy) is 1. The second-order valence-electron chi connectivity index (χ2n) is 5.67. The van der Waals surface area contributed by atoms with Gasteiger partial charge in [0.1, 0.15) is 5.00 Å². The molecule has 0 bridgehead atoms. The average Bonchev–Trinajstić information content (AvgIpc) is 3.01. The molecule has 0 aliphatic carbocycles. The van der Waals surface area contributed by atoms with Crippen molar-refractivity contribution < 1.29 is 9.53 Å². The van der Waals surface area contributed by atoms with E-state index in [0.29, 0.717) is 12.1 Å². The van der Waals surface area contributed by atoms with E-state index in [2.05, 4.69) is 44.2 Å². The van der Waals surface area contributed by atoms with Crippen LogP contribution in [0.25, 0.3) is 0 Å². The van der Waals surface area contributed by atoms with Crippen molar-refractivity contribution in [3.8, 4) is 0 Å². The van der Waals surface area contributed by atoms with E-state index in [1.807, 2.05) is 6.92 Å². The van der Waals surface area contributed by atoms with Gasteiger partial charge in [-0.3, -0.25) is 4.79 Å². The van der Waals surface area contributed by atoms with E-state index in [1.54, 1.807) is 7.05 Å². The first-order chi connectivity index (χ1) is 11.7. The Hall–Kier alpha value is -2.12. The summed E-state index contributed by atoms with van der Waals surface area (Å²) in [6.07, 6.45) is 0. The minimum Gasteiger partial charge on any atom is -0.378 e. The standard InChI is InChI=1S/C17H22N4O2S/c1-12-15(17(18-2)24-20-12)16(22)19-11-13-3-5-14(6-4-13)21-7-9-23-10-8-21/h3-6,18H,7-11H2,1-2H3,(H,19,22). The number of hydrogen-bond acceptors (Lipinski definition) is 6. The monoisotopic (exact) mass is 346 g/mol. The quantitative estimate of drug-likeness (QED) is 0.869. The summed E-state index contributed by atoms with van der Waals surface area (Å²) in [7, 11) is 1.80. The second kappa shape index (κ2) is 7.63. The van der Waals surface area contributed by atoms with E-state index in [9.17, 15) is 4.79 Å². The highest BCUT2D eigenvalue weighted by Crippen LogP contribution is 2.23. The van der Waals surface area contributed by atoms with Crippen molar-refractivity contribution in [1.82, 2.24) is 9.69 Å². The molecule has 1 aromatic carbocycles. The van der Waals surface area contributed by atoms with Gasteiger partial charge in [-0.15, -0.1) is 0 Å². The minimum absolute atomic E-state index is 0.0946. The maximum atomic E-state index is 12.4. The van der Waals surface area contributed by atoms with Gasteiger partial charge in [0, 0.05) is 32.4 Å². The van der Waals surface area contributed by atoms with Crippen molar-refractivity contribution >= 4 is 28.1 Å². The van der Waals surface area contributed by atoms with Gasteiger partial charge in [-0.2, -0.15) is 4.37 Å². The molecule has 7 heteroatoms. The van der Waals surface area contributed by atoms with Crippen LogP contribution in [0.3, 0.4) is 0 Å². The highest BCUT2D eigenvalue weighted by molar-refractivity contribution is 7.10. The van der Waals surface area contributed by atoms with Gasteiger partial charge in [0.05, 0.1) is 24.5 Å². The number of rotatable bonds is 5. The average molecular weight is 346 g/mol. The lowest BCUT2D eigenvalue weighted by molar-refractivity contribution is 0.0951. The smallest absolute Gasteiger partial charge is 0.256 e. The lowest BCUT2D eigenvalue weighted by Crippen LogP contribution is -2.36. The first-order valence-electron chi connectivity index (χ1n) is 8.03. The molecule has 0 saturated carbocycles. The van der Waals surface area contributed by atoms with Gasteiger partial charge in [0.15, 0.2) is 0 Å². The summed E-state index contributed by atoms with van der Waals surface area (Å²) in [5, 5.41) is 6.79. The molecule has 24 heavy (non-hydrogen) atoms. The lowest BCUT2D eigenvalue weighted by atomic mass is 10.1. The molecule has 1 aliphatic rings. The van der Waals surface area contributed by atoms with Gasteiger partial charge in [0.2, 0.25) is 0 Å². The third-order valence-electron chi connectivity index (χ3n) is 4.08. The third kappa shape index (κ3) is 3.68. The molecule has 2 heterocycles. The molecule has 1 aliphatic heterocycles. The number of amides is 1. The fourth-order valence-corrected chi connectivity index (χ4v) is 3.47. The van der Waals surface area contributed by atoms with Crippen LogP contribution in [0.4, 0.5) is 10.7 Å². The molecule has 2 N–H and O–H groups in total. The van der Waals surface area contributed by atoms with Gasteiger partial charge >= 0.3 is 0 Å². The number of aromatic nitrogens is 1. The van der Waals surface area contributed by atoms with Crippen LogP contribution in [0.5, 0.6) is 0 Å². The molecule has 1 saturated heterocycles. The van der Waals surface area contributed by atoms with E-state index < -0.39 is 0 Å². The summed E-state index contributed by atoms with van der Waals surface area (Å²) in [6, 6.07) is 8.32. The largest absolute Gasteiger partial charge is 0.378 e. The number of anilines is 2. The maximum absolute atomic E-state index is 12.4. The van der Waals surface area contributed by atoms with Gasteiger partial charge < -0.3 is 20.3 Å². The van der Waals surface area contributed by atoms with E-state index in [4.69, 9.17) is 4.74 Å². The van der Waals surface area contributed by atoms with Crippen molar-refractivity contribution in [2.45, 2.75) is 13.5 Å². The molecule has 2 aromatic rings. The number of nitrogens with one attached hydrogen (secondary N) is 2. The molecule has 1 aromatic heterocycles. The Morgan fingerprint density at radius 3 is 2.67 bits per heavy atom. The fourth-order valence-electron chi connectivity index (χ4n) is 2.72. The first kappa shape index (κ1) is 16.7. The number of benzene rings is 1. The molecule has 0 unspecified atom stereocenters. The summed E-state index contributed by atoms with van der Waals surface area (Å²) in [4.78, 5) is 14.7. The molecule has 6 nitrogen and oxygen atoms in total. The summed E-state index contributed by atoms with van der Waals surface area (Å²) >= 11 is 1.31. The van der Waals surface area contributed by atoms with Crippen LogP contribution in [0.2, 0.25) is 0 Å². The van der Waals surface area contributed by atoms with Crippen LogP contribution in [0.15, 0.2) is 24.3 Å². The minimum atomic E-state index is -0.0946. The van der Waals surface area contributed by atoms with Gasteiger partial charge in [-0.25, -0.2) is 0 Å². The summed E-state index contributed by atoms with van der Waals surface area (Å²) in [6.45, 7) is 5.75. The zero-order chi connectivity index (χ0) is 16.9. The highest BCUT2D eigenvalue weighted by Gasteiger charge is 2.17. The van der Waals surface area contributed by atoms with Crippen molar-refractivity contribution in [2.24, 2.45) is 0 Å². The number of nitrogens with zero attached hydrogens (tertiary/aromatic N) is 2. The van der Waals surface area contributed by atoms with Crippen LogP contribution in [-0.2, 0) is 11.3 Å². The van der Waals surface area contributed by atoms with E-state index in [-0.39, 0.29) is 5.91 Å². The van der Waals surface area contributed by atoms with Crippen molar-refractivity contribution in [2.75, 3.05) is 43.6 Å². The molecule has 0 radical (unpaired) electrons. The molecular formula is C17H22N4O2S. The predicted octanol–water partition coefficient (Wildman–Crippen LogP) is 2.26. The number of morpholine rings is 1. The highest BCUT2D eigenvalue weighted by atomic mass is 32.1. The molecule has 0 atom stereocenters. The van der Waals surface area contributed by atoms with Crippen LogP contribution in [-0.4, -0.2) is 43.6 Å². The number of aryl methyl sites for hydroxylation is 1. The zero-order valence-corrected chi connectivity index (χ0v) is 14.8. The van der Waals surface area contributed by atoms with Gasteiger partial charge in [0.25, 0.3) is 5.91 Å². The van der Waals surface area contributed by atoms with Crippen molar-refractivity contribution in [3.05, 3.63) is 41.1 Å². The van der Waals surface area contributed by atoms with Gasteiger partial charge in [-0.1, -0.05) is 12.1 Å². The number of hydrogen-bond donors (Lipinski definition) is 2. The normalized spacial score (nSPS) is 14.5. The third-order valence-corrected chi connectivity index (χ3v) is 5.04. The first-order valence-corrected chi connectivity index (χ1v) is 8.80. The Kier molecular flexibility index (Phi) is 5.32. The maximum Gasteiger partial charge on any atom is 0.256 e. The molecule has 1 fully saturated rings. The van der Waals surface area contributed by atoms with E-state index in [1.165, 1.54) is 17.2 Å². The topological polar surface area (TPSA) is 66.5 Å². The molecule has 0 spiro atoms. The Bertz CT molecular complexity index is 693. The summed E-state index contributed by atoms with van der Waals surface area (Å²) in [5.74, 6) is -0.0946. The summed E-state index contributed by atoms with van der Waals surface area (Å²) in [5.41, 5.74) is 3.66. The van der Waals surface area contributed by atoms with E-state index >= 15 is 0 Å². The fraction of sp³-hybridized carbons (Fsp3) is 0.412. The Balaban J connectivity index is 1.60.